The number of halogens is 1. The molecule has 1 aromatic heterocycles. The zero-order valence-corrected chi connectivity index (χ0v) is 8.47. The molecule has 1 aromatic rings. The largest absolute Gasteiger partial charge is 0.496 e. The molecule has 66 valence electrons. The number of aromatic nitrogens is 1. The van der Waals surface area contributed by atoms with Crippen molar-refractivity contribution >= 4 is 15.9 Å². The van der Waals surface area contributed by atoms with E-state index in [0.717, 1.165) is 22.3 Å². The van der Waals surface area contributed by atoms with Crippen LogP contribution in [0.15, 0.2) is 16.9 Å². The number of pyridine rings is 1. The Bertz CT molecular complexity index is 265. The Morgan fingerprint density at radius 1 is 1.67 bits per heavy atom. The van der Waals surface area contributed by atoms with Gasteiger partial charge in [0.25, 0.3) is 0 Å². The summed E-state index contributed by atoms with van der Waals surface area (Å²) in [6.07, 6.45) is 2.47. The monoisotopic (exact) mass is 230 g/mol. The summed E-state index contributed by atoms with van der Waals surface area (Å²) in [5.41, 5.74) is 6.48. The van der Waals surface area contributed by atoms with Crippen molar-refractivity contribution in [1.29, 1.82) is 0 Å². The van der Waals surface area contributed by atoms with E-state index < -0.39 is 0 Å². The van der Waals surface area contributed by atoms with E-state index in [2.05, 4.69) is 20.9 Å². The SMILES string of the molecule is COc1ccnc(Br)c1CCN. The molecule has 0 aliphatic carbocycles. The molecule has 0 aliphatic heterocycles. The van der Waals surface area contributed by atoms with Crippen molar-refractivity contribution < 1.29 is 4.74 Å². The van der Waals surface area contributed by atoms with Gasteiger partial charge in [0, 0.05) is 11.8 Å². The topological polar surface area (TPSA) is 48.1 Å². The second-order valence-electron chi connectivity index (χ2n) is 2.32. The van der Waals surface area contributed by atoms with Crippen LogP contribution < -0.4 is 10.5 Å². The summed E-state index contributed by atoms with van der Waals surface area (Å²) in [5.74, 6) is 0.835. The van der Waals surface area contributed by atoms with Gasteiger partial charge in [-0.1, -0.05) is 0 Å². The van der Waals surface area contributed by atoms with Gasteiger partial charge in [0.2, 0.25) is 0 Å². The molecule has 0 bridgehead atoms. The lowest BCUT2D eigenvalue weighted by molar-refractivity contribution is 0.408. The fraction of sp³-hybridized carbons (Fsp3) is 0.375. The molecule has 0 spiro atoms. The lowest BCUT2D eigenvalue weighted by atomic mass is 10.2. The van der Waals surface area contributed by atoms with E-state index in [4.69, 9.17) is 10.5 Å². The average molecular weight is 231 g/mol. The van der Waals surface area contributed by atoms with E-state index in [1.807, 2.05) is 6.07 Å². The minimum atomic E-state index is 0.598. The average Bonchev–Trinajstić information content (AvgIpc) is 2.09. The van der Waals surface area contributed by atoms with Gasteiger partial charge >= 0.3 is 0 Å². The summed E-state index contributed by atoms with van der Waals surface area (Å²) >= 11 is 3.34. The van der Waals surface area contributed by atoms with Gasteiger partial charge in [-0.25, -0.2) is 4.98 Å². The van der Waals surface area contributed by atoms with Crippen LogP contribution in [-0.2, 0) is 6.42 Å². The molecule has 1 heterocycles. The predicted molar refractivity (Wildman–Crippen MR) is 51.2 cm³/mol. The normalized spacial score (nSPS) is 9.92. The summed E-state index contributed by atoms with van der Waals surface area (Å²) in [6.45, 7) is 0.598. The number of methoxy groups -OCH3 is 1. The minimum absolute atomic E-state index is 0.598. The Labute approximate surface area is 80.1 Å². The molecule has 1 rings (SSSR count). The van der Waals surface area contributed by atoms with E-state index in [9.17, 15) is 0 Å². The molecular formula is C8H11BrN2O. The van der Waals surface area contributed by atoms with E-state index in [0.29, 0.717) is 6.54 Å². The van der Waals surface area contributed by atoms with Gasteiger partial charge in [-0.3, -0.25) is 0 Å². The van der Waals surface area contributed by atoms with Gasteiger partial charge in [-0.05, 0) is 35.0 Å². The number of nitrogens with two attached hydrogens (primary N) is 1. The van der Waals surface area contributed by atoms with Gasteiger partial charge in [0.1, 0.15) is 10.4 Å². The Kier molecular flexibility index (Phi) is 3.49. The second-order valence-corrected chi connectivity index (χ2v) is 3.07. The molecule has 0 saturated carbocycles. The van der Waals surface area contributed by atoms with E-state index >= 15 is 0 Å². The summed E-state index contributed by atoms with van der Waals surface area (Å²) in [4.78, 5) is 4.09. The maximum absolute atomic E-state index is 5.45. The van der Waals surface area contributed by atoms with E-state index in [-0.39, 0.29) is 0 Å². The van der Waals surface area contributed by atoms with Crippen LogP contribution >= 0.6 is 15.9 Å². The van der Waals surface area contributed by atoms with Crippen molar-refractivity contribution in [3.05, 3.63) is 22.4 Å². The molecule has 3 nitrogen and oxygen atoms in total. The standard InChI is InChI=1S/C8H11BrN2O/c1-12-7-3-5-11-8(9)6(7)2-4-10/h3,5H,2,4,10H2,1H3. The van der Waals surface area contributed by atoms with Gasteiger partial charge < -0.3 is 10.5 Å². The maximum atomic E-state index is 5.45. The predicted octanol–water partition coefficient (Wildman–Crippen LogP) is 1.35. The zero-order valence-electron chi connectivity index (χ0n) is 6.88. The fourth-order valence-corrected chi connectivity index (χ4v) is 1.52. The van der Waals surface area contributed by atoms with Crippen LogP contribution in [0.2, 0.25) is 0 Å². The van der Waals surface area contributed by atoms with Gasteiger partial charge in [-0.15, -0.1) is 0 Å². The molecule has 4 heteroatoms. The third kappa shape index (κ3) is 1.95. The lowest BCUT2D eigenvalue weighted by Crippen LogP contribution is -2.05. The molecule has 0 radical (unpaired) electrons. The van der Waals surface area contributed by atoms with Crippen LogP contribution in [0.3, 0.4) is 0 Å². The number of ether oxygens (including phenoxy) is 1. The van der Waals surface area contributed by atoms with Crippen LogP contribution in [0.4, 0.5) is 0 Å². The summed E-state index contributed by atoms with van der Waals surface area (Å²) < 4.78 is 5.97. The molecule has 0 unspecified atom stereocenters. The highest BCUT2D eigenvalue weighted by Crippen LogP contribution is 2.24. The van der Waals surface area contributed by atoms with Crippen molar-refractivity contribution in [2.24, 2.45) is 5.73 Å². The van der Waals surface area contributed by atoms with E-state index in [1.54, 1.807) is 13.3 Å². The maximum Gasteiger partial charge on any atom is 0.126 e. The summed E-state index contributed by atoms with van der Waals surface area (Å²) in [5, 5.41) is 0. The Hall–Kier alpha value is -0.610. The van der Waals surface area contributed by atoms with Crippen LogP contribution in [0.25, 0.3) is 0 Å². The van der Waals surface area contributed by atoms with Crippen LogP contribution in [0.1, 0.15) is 5.56 Å². The fourth-order valence-electron chi connectivity index (χ4n) is 1.01. The Balaban J connectivity index is 3.02. The van der Waals surface area contributed by atoms with E-state index in [1.165, 1.54) is 0 Å². The highest BCUT2D eigenvalue weighted by Gasteiger charge is 2.06. The van der Waals surface area contributed by atoms with Crippen LogP contribution in [-0.4, -0.2) is 18.6 Å². The van der Waals surface area contributed by atoms with Gasteiger partial charge in [-0.2, -0.15) is 0 Å². The second kappa shape index (κ2) is 4.42. The molecule has 0 atom stereocenters. The molecular weight excluding hydrogens is 220 g/mol. The van der Waals surface area contributed by atoms with Crippen LogP contribution in [0, 0.1) is 0 Å². The third-order valence-electron chi connectivity index (χ3n) is 1.57. The minimum Gasteiger partial charge on any atom is -0.496 e. The molecule has 12 heavy (non-hydrogen) atoms. The number of hydrogen-bond acceptors (Lipinski definition) is 3. The first-order valence-electron chi connectivity index (χ1n) is 3.67. The van der Waals surface area contributed by atoms with Gasteiger partial charge in [0.15, 0.2) is 0 Å². The summed E-state index contributed by atoms with van der Waals surface area (Å²) in [7, 11) is 1.64. The third-order valence-corrected chi connectivity index (χ3v) is 2.26. The number of nitrogens with zero attached hydrogens (tertiary/aromatic N) is 1. The Morgan fingerprint density at radius 2 is 2.42 bits per heavy atom. The highest BCUT2D eigenvalue weighted by atomic mass is 79.9. The first-order chi connectivity index (χ1) is 5.79. The first-order valence-corrected chi connectivity index (χ1v) is 4.46. The van der Waals surface area contributed by atoms with Crippen molar-refractivity contribution in [2.45, 2.75) is 6.42 Å². The van der Waals surface area contributed by atoms with Crippen molar-refractivity contribution in [3.63, 3.8) is 0 Å². The molecule has 2 N–H and O–H groups in total. The number of hydrogen-bond donors (Lipinski definition) is 1. The highest BCUT2D eigenvalue weighted by molar-refractivity contribution is 9.10. The molecule has 0 fully saturated rings. The van der Waals surface area contributed by atoms with Gasteiger partial charge in [0.05, 0.1) is 7.11 Å². The van der Waals surface area contributed by atoms with Crippen LogP contribution in [0.5, 0.6) is 5.75 Å². The van der Waals surface area contributed by atoms with Crippen molar-refractivity contribution in [1.82, 2.24) is 4.98 Å². The molecule has 0 aliphatic rings. The van der Waals surface area contributed by atoms with Crippen molar-refractivity contribution in [2.75, 3.05) is 13.7 Å². The quantitative estimate of drug-likeness (QED) is 0.799. The lowest BCUT2D eigenvalue weighted by Gasteiger charge is -2.07. The smallest absolute Gasteiger partial charge is 0.126 e. The van der Waals surface area contributed by atoms with Crippen molar-refractivity contribution in [3.8, 4) is 5.75 Å². The zero-order chi connectivity index (χ0) is 8.97. The molecule has 0 aromatic carbocycles. The molecule has 0 amide bonds. The Morgan fingerprint density at radius 3 is 3.00 bits per heavy atom. The number of rotatable bonds is 3. The molecule has 0 saturated heterocycles. The first kappa shape index (κ1) is 9.48. The summed E-state index contributed by atoms with van der Waals surface area (Å²) in [6, 6.07) is 1.83.